The van der Waals surface area contributed by atoms with Crippen LogP contribution in [0.4, 0.5) is 4.39 Å². The number of carbonyl (C=O) groups is 1. The molecule has 2 aromatic carbocycles. The number of benzene rings is 2. The lowest BCUT2D eigenvalue weighted by atomic mass is 10.1. The molecule has 0 bridgehead atoms. The molecule has 27 heavy (non-hydrogen) atoms. The molecule has 142 valence electrons. The number of piperazine rings is 1. The van der Waals surface area contributed by atoms with Crippen LogP contribution >= 0.6 is 0 Å². The van der Waals surface area contributed by atoms with Crippen molar-refractivity contribution in [3.05, 3.63) is 53.8 Å². The summed E-state index contributed by atoms with van der Waals surface area (Å²) in [5.74, 6) is 1.52. The molecule has 1 saturated heterocycles. The zero-order valence-electron chi connectivity index (χ0n) is 14.9. The van der Waals surface area contributed by atoms with Crippen molar-refractivity contribution in [1.82, 2.24) is 4.90 Å². The van der Waals surface area contributed by atoms with Crippen molar-refractivity contribution in [2.24, 2.45) is 0 Å². The first-order valence-corrected chi connectivity index (χ1v) is 9.05. The van der Waals surface area contributed by atoms with E-state index in [0.717, 1.165) is 31.1 Å². The van der Waals surface area contributed by atoms with Crippen molar-refractivity contribution >= 4 is 5.91 Å². The highest BCUT2D eigenvalue weighted by molar-refractivity contribution is 5.77. The fraction of sp³-hybridized carbons (Fsp3) is 0.350. The van der Waals surface area contributed by atoms with E-state index in [9.17, 15) is 9.18 Å². The van der Waals surface area contributed by atoms with Gasteiger partial charge in [0.15, 0.2) is 18.1 Å². The third-order valence-electron chi connectivity index (χ3n) is 4.87. The topological polar surface area (TPSA) is 52.4 Å². The Labute approximate surface area is 157 Å². The summed E-state index contributed by atoms with van der Waals surface area (Å²) in [6.45, 7) is 4.22. The van der Waals surface area contributed by atoms with Gasteiger partial charge in [0, 0.05) is 11.6 Å². The number of nitrogens with one attached hydrogen (secondary N) is 1. The SMILES string of the molecule is O=C(COc1cccc(F)c1)N1CC[NH+](Cc2ccc3c(c2)OCO3)CC1. The summed E-state index contributed by atoms with van der Waals surface area (Å²) >= 11 is 0. The molecular weight excluding hydrogens is 351 g/mol. The quantitative estimate of drug-likeness (QED) is 0.845. The van der Waals surface area contributed by atoms with E-state index in [1.54, 1.807) is 12.1 Å². The normalized spacial score (nSPS) is 16.4. The molecule has 0 unspecified atom stereocenters. The lowest BCUT2D eigenvalue weighted by Gasteiger charge is -2.32. The Balaban J connectivity index is 1.24. The average Bonchev–Trinajstić information content (AvgIpc) is 3.15. The van der Waals surface area contributed by atoms with Crippen molar-refractivity contribution in [3.63, 3.8) is 0 Å². The van der Waals surface area contributed by atoms with Crippen molar-refractivity contribution in [2.45, 2.75) is 6.54 Å². The molecule has 1 amide bonds. The van der Waals surface area contributed by atoms with Gasteiger partial charge in [-0.3, -0.25) is 4.79 Å². The van der Waals surface area contributed by atoms with E-state index >= 15 is 0 Å². The highest BCUT2D eigenvalue weighted by Gasteiger charge is 2.24. The number of quaternary nitrogens is 1. The monoisotopic (exact) mass is 373 g/mol. The van der Waals surface area contributed by atoms with E-state index in [1.807, 2.05) is 17.0 Å². The number of ether oxygens (including phenoxy) is 3. The largest absolute Gasteiger partial charge is 0.484 e. The molecule has 1 fully saturated rings. The summed E-state index contributed by atoms with van der Waals surface area (Å²) in [6, 6.07) is 11.9. The van der Waals surface area contributed by atoms with Crippen molar-refractivity contribution in [3.8, 4) is 17.2 Å². The molecule has 2 aromatic rings. The van der Waals surface area contributed by atoms with E-state index in [-0.39, 0.29) is 25.1 Å². The second kappa shape index (κ2) is 7.84. The number of rotatable bonds is 5. The van der Waals surface area contributed by atoms with Crippen LogP contribution in [0, 0.1) is 5.82 Å². The summed E-state index contributed by atoms with van der Waals surface area (Å²) < 4.78 is 29.3. The molecule has 0 atom stereocenters. The van der Waals surface area contributed by atoms with Gasteiger partial charge in [-0.25, -0.2) is 4.39 Å². The van der Waals surface area contributed by atoms with Crippen LogP contribution in [-0.2, 0) is 11.3 Å². The molecule has 0 radical (unpaired) electrons. The highest BCUT2D eigenvalue weighted by atomic mass is 19.1. The third-order valence-corrected chi connectivity index (χ3v) is 4.87. The smallest absolute Gasteiger partial charge is 0.260 e. The van der Waals surface area contributed by atoms with Gasteiger partial charge in [-0.1, -0.05) is 6.07 Å². The van der Waals surface area contributed by atoms with Crippen LogP contribution < -0.4 is 19.1 Å². The molecule has 7 heteroatoms. The predicted octanol–water partition coefficient (Wildman–Crippen LogP) is 0.860. The number of hydrogen-bond donors (Lipinski definition) is 1. The van der Waals surface area contributed by atoms with Crippen LogP contribution in [-0.4, -0.2) is 50.4 Å². The fourth-order valence-electron chi connectivity index (χ4n) is 3.38. The molecular formula is C20H22FN2O4+. The van der Waals surface area contributed by atoms with Crippen LogP contribution in [0.2, 0.25) is 0 Å². The standard InChI is InChI=1S/C20H21FN2O4/c21-16-2-1-3-17(11-16)25-13-20(24)23-8-6-22(7-9-23)12-15-4-5-18-19(10-15)27-14-26-18/h1-5,10-11H,6-9,12-14H2/p+1. The van der Waals surface area contributed by atoms with E-state index in [4.69, 9.17) is 14.2 Å². The number of amides is 1. The van der Waals surface area contributed by atoms with Crippen LogP contribution in [0.25, 0.3) is 0 Å². The van der Waals surface area contributed by atoms with Crippen LogP contribution in [0.3, 0.4) is 0 Å². The highest BCUT2D eigenvalue weighted by Crippen LogP contribution is 2.32. The molecule has 0 saturated carbocycles. The first kappa shape index (κ1) is 17.6. The molecule has 2 heterocycles. The minimum absolute atomic E-state index is 0.0682. The first-order valence-electron chi connectivity index (χ1n) is 9.05. The number of nitrogens with zero attached hydrogens (tertiary/aromatic N) is 1. The van der Waals surface area contributed by atoms with E-state index in [2.05, 4.69) is 6.07 Å². The Morgan fingerprint density at radius 2 is 1.93 bits per heavy atom. The molecule has 0 aliphatic carbocycles. The molecule has 4 rings (SSSR count). The number of carbonyl (C=O) groups excluding carboxylic acids is 1. The molecule has 6 nitrogen and oxygen atoms in total. The Morgan fingerprint density at radius 3 is 2.74 bits per heavy atom. The molecule has 0 aromatic heterocycles. The van der Waals surface area contributed by atoms with Crippen molar-refractivity contribution in [2.75, 3.05) is 39.6 Å². The average molecular weight is 373 g/mol. The van der Waals surface area contributed by atoms with E-state index in [1.165, 1.54) is 22.6 Å². The molecule has 2 aliphatic rings. The van der Waals surface area contributed by atoms with Gasteiger partial charge in [0.05, 0.1) is 26.2 Å². The predicted molar refractivity (Wildman–Crippen MR) is 95.4 cm³/mol. The maximum Gasteiger partial charge on any atom is 0.260 e. The Bertz CT molecular complexity index is 821. The summed E-state index contributed by atoms with van der Waals surface area (Å²) in [7, 11) is 0. The summed E-state index contributed by atoms with van der Waals surface area (Å²) in [5, 5.41) is 0. The van der Waals surface area contributed by atoms with Gasteiger partial charge in [0.2, 0.25) is 6.79 Å². The van der Waals surface area contributed by atoms with Gasteiger partial charge in [-0.2, -0.15) is 0 Å². The number of fused-ring (bicyclic) bond motifs is 1. The fourth-order valence-corrected chi connectivity index (χ4v) is 3.38. The second-order valence-electron chi connectivity index (χ2n) is 6.74. The van der Waals surface area contributed by atoms with Crippen LogP contribution in [0.1, 0.15) is 5.56 Å². The lowest BCUT2D eigenvalue weighted by Crippen LogP contribution is -3.13. The zero-order chi connectivity index (χ0) is 18.6. The van der Waals surface area contributed by atoms with Gasteiger partial charge in [0.1, 0.15) is 18.1 Å². The summed E-state index contributed by atoms with van der Waals surface area (Å²) in [6.07, 6.45) is 0. The van der Waals surface area contributed by atoms with Gasteiger partial charge >= 0.3 is 0 Å². The lowest BCUT2D eigenvalue weighted by molar-refractivity contribution is -0.917. The first-order chi connectivity index (χ1) is 13.2. The van der Waals surface area contributed by atoms with E-state index < -0.39 is 0 Å². The number of halogens is 1. The van der Waals surface area contributed by atoms with Crippen LogP contribution in [0.5, 0.6) is 17.2 Å². The minimum atomic E-state index is -0.374. The Kier molecular flexibility index (Phi) is 5.11. The Hall–Kier alpha value is -2.80. The maximum absolute atomic E-state index is 13.1. The maximum atomic E-state index is 13.1. The summed E-state index contributed by atoms with van der Waals surface area (Å²) in [4.78, 5) is 15.5. The summed E-state index contributed by atoms with van der Waals surface area (Å²) in [5.41, 5.74) is 1.20. The zero-order valence-corrected chi connectivity index (χ0v) is 14.9. The van der Waals surface area contributed by atoms with Crippen LogP contribution in [0.15, 0.2) is 42.5 Å². The second-order valence-corrected chi connectivity index (χ2v) is 6.74. The molecule has 1 N–H and O–H groups in total. The molecule has 0 spiro atoms. The Morgan fingerprint density at radius 1 is 1.11 bits per heavy atom. The van der Waals surface area contributed by atoms with Gasteiger partial charge in [-0.05, 0) is 30.3 Å². The van der Waals surface area contributed by atoms with E-state index in [0.29, 0.717) is 18.8 Å². The van der Waals surface area contributed by atoms with Gasteiger partial charge < -0.3 is 24.0 Å². The van der Waals surface area contributed by atoms with Gasteiger partial charge in [0.25, 0.3) is 5.91 Å². The number of hydrogen-bond acceptors (Lipinski definition) is 4. The molecule has 2 aliphatic heterocycles. The third kappa shape index (κ3) is 4.31. The van der Waals surface area contributed by atoms with Crippen molar-refractivity contribution < 1.29 is 28.3 Å². The van der Waals surface area contributed by atoms with Gasteiger partial charge in [-0.15, -0.1) is 0 Å². The van der Waals surface area contributed by atoms with Crippen molar-refractivity contribution in [1.29, 1.82) is 0 Å². The minimum Gasteiger partial charge on any atom is -0.484 e.